The molecule has 1 heterocycles. The number of amides is 1. The Bertz CT molecular complexity index is 955. The lowest BCUT2D eigenvalue weighted by Crippen LogP contribution is -2.16. The smallest absolute Gasteiger partial charge is 0.320 e. The van der Waals surface area contributed by atoms with E-state index in [0.29, 0.717) is 3.57 Å². The largest absolute Gasteiger partial charge is 0.416 e. The molecule has 4 nitrogen and oxygen atoms in total. The molecule has 1 amide bonds. The quantitative estimate of drug-likeness (QED) is 0.434. The highest BCUT2D eigenvalue weighted by molar-refractivity contribution is 14.1. The second-order valence-corrected chi connectivity index (χ2v) is 6.42. The molecular weight excluding hydrogens is 465 g/mol. The van der Waals surface area contributed by atoms with Crippen molar-refractivity contribution < 1.29 is 22.4 Å². The summed E-state index contributed by atoms with van der Waals surface area (Å²) in [6.45, 7) is 0. The highest BCUT2D eigenvalue weighted by Crippen LogP contribution is 2.33. The van der Waals surface area contributed by atoms with Crippen LogP contribution in [0.2, 0.25) is 0 Å². The summed E-state index contributed by atoms with van der Waals surface area (Å²) in [5, 5.41) is 6.44. The van der Waals surface area contributed by atoms with Crippen molar-refractivity contribution in [3.63, 3.8) is 0 Å². The molecule has 0 fully saturated rings. The van der Waals surface area contributed by atoms with Gasteiger partial charge in [-0.25, -0.2) is 9.07 Å². The molecule has 0 radical (unpaired) electrons. The van der Waals surface area contributed by atoms with Gasteiger partial charge in [-0.05, 0) is 65.1 Å². The van der Waals surface area contributed by atoms with Crippen LogP contribution in [0.15, 0.2) is 54.9 Å². The molecule has 0 saturated carbocycles. The highest BCUT2D eigenvalue weighted by atomic mass is 127. The summed E-state index contributed by atoms with van der Waals surface area (Å²) in [5.41, 5.74) is -0.546. The summed E-state index contributed by atoms with van der Waals surface area (Å²) >= 11 is 1.78. The fourth-order valence-electron chi connectivity index (χ4n) is 2.29. The normalized spacial score (nSPS) is 11.4. The van der Waals surface area contributed by atoms with Crippen molar-refractivity contribution in [3.8, 4) is 5.69 Å². The van der Waals surface area contributed by atoms with Gasteiger partial charge < -0.3 is 5.32 Å². The monoisotopic (exact) mass is 475 g/mol. The van der Waals surface area contributed by atoms with Gasteiger partial charge in [0, 0.05) is 16.0 Å². The van der Waals surface area contributed by atoms with Crippen LogP contribution in [0, 0.1) is 9.39 Å². The molecule has 3 aromatic rings. The molecule has 0 bridgehead atoms. The number of anilines is 1. The van der Waals surface area contributed by atoms with E-state index in [1.807, 2.05) is 0 Å². The van der Waals surface area contributed by atoms with E-state index in [9.17, 15) is 22.4 Å². The lowest BCUT2D eigenvalue weighted by Gasteiger charge is -2.15. The van der Waals surface area contributed by atoms with Crippen molar-refractivity contribution in [3.05, 3.63) is 75.4 Å². The van der Waals surface area contributed by atoms with Gasteiger partial charge in [0.25, 0.3) is 5.91 Å². The van der Waals surface area contributed by atoms with Crippen LogP contribution in [-0.2, 0) is 6.18 Å². The predicted octanol–water partition coefficient (Wildman–Crippen LogP) is 4.89. The van der Waals surface area contributed by atoms with Crippen LogP contribution in [-0.4, -0.2) is 15.7 Å². The maximum Gasteiger partial charge on any atom is 0.416 e. The first-order valence-corrected chi connectivity index (χ1v) is 8.31. The van der Waals surface area contributed by atoms with Crippen molar-refractivity contribution in [2.24, 2.45) is 0 Å². The van der Waals surface area contributed by atoms with Crippen molar-refractivity contribution in [2.45, 2.75) is 6.18 Å². The molecule has 134 valence electrons. The van der Waals surface area contributed by atoms with E-state index < -0.39 is 23.5 Å². The average molecular weight is 475 g/mol. The number of carbonyl (C=O) groups excluding carboxylic acids is 1. The summed E-state index contributed by atoms with van der Waals surface area (Å²) in [6, 6.07) is 8.12. The third kappa shape index (κ3) is 3.87. The molecule has 0 spiro atoms. The second-order valence-electron chi connectivity index (χ2n) is 5.26. The van der Waals surface area contributed by atoms with Crippen LogP contribution < -0.4 is 5.32 Å². The fourth-order valence-corrected chi connectivity index (χ4v) is 3.01. The topological polar surface area (TPSA) is 46.9 Å². The molecule has 0 atom stereocenters. The summed E-state index contributed by atoms with van der Waals surface area (Å²) in [4.78, 5) is 12.5. The second kappa shape index (κ2) is 7.06. The average Bonchev–Trinajstić information content (AvgIpc) is 3.08. The van der Waals surface area contributed by atoms with Crippen LogP contribution in [0.25, 0.3) is 5.69 Å². The number of hydrogen-bond acceptors (Lipinski definition) is 2. The van der Waals surface area contributed by atoms with Gasteiger partial charge in [-0.1, -0.05) is 0 Å². The Morgan fingerprint density at radius 3 is 2.54 bits per heavy atom. The minimum atomic E-state index is -4.56. The van der Waals surface area contributed by atoms with Gasteiger partial charge in [0.2, 0.25) is 0 Å². The van der Waals surface area contributed by atoms with E-state index >= 15 is 0 Å². The van der Waals surface area contributed by atoms with Crippen molar-refractivity contribution in [1.82, 2.24) is 9.78 Å². The summed E-state index contributed by atoms with van der Waals surface area (Å²) < 4.78 is 54.0. The molecule has 0 unspecified atom stereocenters. The Kier molecular flexibility index (Phi) is 4.99. The van der Waals surface area contributed by atoms with Gasteiger partial charge >= 0.3 is 6.18 Å². The fraction of sp³-hybridized carbons (Fsp3) is 0.0588. The van der Waals surface area contributed by atoms with Gasteiger partial charge in [0.15, 0.2) is 0 Å². The summed E-state index contributed by atoms with van der Waals surface area (Å²) in [5.74, 6) is -1.16. The number of nitrogens with one attached hydrogen (secondary N) is 1. The van der Waals surface area contributed by atoms with Gasteiger partial charge in [0.05, 0.1) is 22.5 Å². The number of nitrogens with zero attached hydrogens (tertiary/aromatic N) is 2. The lowest BCUT2D eigenvalue weighted by molar-refractivity contribution is -0.137. The Morgan fingerprint density at radius 1 is 1.15 bits per heavy atom. The predicted molar refractivity (Wildman–Crippen MR) is 95.6 cm³/mol. The van der Waals surface area contributed by atoms with Crippen molar-refractivity contribution in [2.75, 3.05) is 5.32 Å². The first kappa shape index (κ1) is 18.4. The molecule has 0 saturated heterocycles. The molecule has 0 aliphatic rings. The number of benzene rings is 2. The van der Waals surface area contributed by atoms with Crippen LogP contribution >= 0.6 is 22.6 Å². The van der Waals surface area contributed by atoms with Gasteiger partial charge in [-0.3, -0.25) is 4.79 Å². The SMILES string of the molecule is O=C(Nc1cc(C(F)(F)F)ccc1-n1cccn1)c1ccc(F)cc1I. The van der Waals surface area contributed by atoms with Crippen LogP contribution in [0.3, 0.4) is 0 Å². The molecule has 26 heavy (non-hydrogen) atoms. The molecule has 1 aromatic heterocycles. The van der Waals surface area contributed by atoms with Gasteiger partial charge in [0.1, 0.15) is 5.82 Å². The van der Waals surface area contributed by atoms with Crippen LogP contribution in [0.1, 0.15) is 15.9 Å². The zero-order valence-corrected chi connectivity index (χ0v) is 15.0. The summed E-state index contributed by atoms with van der Waals surface area (Å²) in [7, 11) is 0. The molecule has 9 heteroatoms. The number of aromatic nitrogens is 2. The third-order valence-corrected chi connectivity index (χ3v) is 4.39. The van der Waals surface area contributed by atoms with Gasteiger partial charge in [-0.2, -0.15) is 18.3 Å². The standard InChI is InChI=1S/C17H10F4IN3O/c18-11-3-4-12(13(22)9-11)16(26)24-14-8-10(17(19,20)21)2-5-15(14)25-7-1-6-23-25/h1-9H,(H,24,26). The number of rotatable bonds is 3. The molecule has 1 N–H and O–H groups in total. The first-order valence-electron chi connectivity index (χ1n) is 7.23. The maximum atomic E-state index is 13.2. The van der Waals surface area contributed by atoms with Crippen LogP contribution in [0.5, 0.6) is 0 Å². The van der Waals surface area contributed by atoms with Gasteiger partial charge in [-0.15, -0.1) is 0 Å². The zero-order valence-electron chi connectivity index (χ0n) is 12.9. The van der Waals surface area contributed by atoms with Crippen LogP contribution in [0.4, 0.5) is 23.2 Å². The molecule has 0 aliphatic heterocycles. The highest BCUT2D eigenvalue weighted by Gasteiger charge is 2.31. The minimum Gasteiger partial charge on any atom is -0.320 e. The Hall–Kier alpha value is -2.43. The Labute approximate surface area is 159 Å². The van der Waals surface area contributed by atoms with E-state index in [2.05, 4.69) is 10.4 Å². The Morgan fingerprint density at radius 2 is 1.92 bits per heavy atom. The number of halogens is 5. The number of carbonyl (C=O) groups is 1. The van der Waals surface area contributed by atoms with E-state index in [0.717, 1.165) is 24.3 Å². The van der Waals surface area contributed by atoms with E-state index in [1.165, 1.54) is 23.0 Å². The number of hydrogen-bond donors (Lipinski definition) is 1. The van der Waals surface area contributed by atoms with E-state index in [1.54, 1.807) is 34.9 Å². The minimum absolute atomic E-state index is 0.0614. The molecule has 0 aliphatic carbocycles. The Balaban J connectivity index is 2.02. The number of alkyl halides is 3. The molecule has 2 aromatic carbocycles. The molecule has 3 rings (SSSR count). The third-order valence-electron chi connectivity index (χ3n) is 3.50. The molecular formula is C17H10F4IN3O. The summed E-state index contributed by atoms with van der Waals surface area (Å²) in [6.07, 6.45) is -1.56. The lowest BCUT2D eigenvalue weighted by atomic mass is 10.1. The zero-order chi connectivity index (χ0) is 18.9. The maximum absolute atomic E-state index is 13.2. The van der Waals surface area contributed by atoms with E-state index in [4.69, 9.17) is 0 Å². The first-order chi connectivity index (χ1) is 12.3. The van der Waals surface area contributed by atoms with Crippen molar-refractivity contribution in [1.29, 1.82) is 0 Å². The van der Waals surface area contributed by atoms with E-state index in [-0.39, 0.29) is 16.9 Å². The van der Waals surface area contributed by atoms with Crippen molar-refractivity contribution >= 4 is 34.2 Å².